The number of para-hydroxylation sites is 1. The maximum Gasteiger partial charge on any atom is 0.307 e. The smallest absolute Gasteiger partial charge is 0.307 e. The van der Waals surface area contributed by atoms with Gasteiger partial charge in [-0.25, -0.2) is 3.97 Å². The fraction of sp³-hybridized carbons (Fsp3) is 0.154. The summed E-state index contributed by atoms with van der Waals surface area (Å²) in [6.07, 6.45) is 4.35. The van der Waals surface area contributed by atoms with Gasteiger partial charge in [-0.3, -0.25) is 9.59 Å². The van der Waals surface area contributed by atoms with Gasteiger partial charge in [-0.2, -0.15) is 12.7 Å². The van der Waals surface area contributed by atoms with Crippen LogP contribution in [-0.4, -0.2) is 49.7 Å². The zero-order chi connectivity index (χ0) is 26.6. The molecule has 2 N–H and O–H groups in total. The molecule has 10 nitrogen and oxygen atoms in total. The number of rotatable bonds is 9. The minimum Gasteiger partial charge on any atom is -0.497 e. The Kier molecular flexibility index (Phi) is 7.46. The molecule has 2 amide bonds. The first-order valence-electron chi connectivity index (χ1n) is 11.2. The predicted octanol–water partition coefficient (Wildman–Crippen LogP) is 2.98. The molecule has 0 radical (unpaired) electrons. The second-order valence-corrected chi connectivity index (χ2v) is 10.2. The summed E-state index contributed by atoms with van der Waals surface area (Å²) >= 11 is 0. The highest BCUT2D eigenvalue weighted by molar-refractivity contribution is 7.87. The Morgan fingerprint density at radius 3 is 2.43 bits per heavy atom. The monoisotopic (exact) mass is 522 g/mol. The predicted molar refractivity (Wildman–Crippen MR) is 139 cm³/mol. The van der Waals surface area contributed by atoms with E-state index in [1.807, 2.05) is 0 Å². The maximum atomic E-state index is 13.2. The van der Waals surface area contributed by atoms with Crippen molar-refractivity contribution in [1.82, 2.24) is 18.9 Å². The largest absolute Gasteiger partial charge is 0.497 e. The third kappa shape index (κ3) is 5.57. The molecule has 11 heteroatoms. The van der Waals surface area contributed by atoms with Gasteiger partial charge in [-0.05, 0) is 48.5 Å². The van der Waals surface area contributed by atoms with Crippen LogP contribution in [0.15, 0.2) is 83.2 Å². The van der Waals surface area contributed by atoms with Gasteiger partial charge < -0.3 is 19.8 Å². The van der Waals surface area contributed by atoms with Gasteiger partial charge in [0, 0.05) is 36.8 Å². The van der Waals surface area contributed by atoms with E-state index in [-0.39, 0.29) is 12.2 Å². The molecule has 2 heterocycles. The van der Waals surface area contributed by atoms with Gasteiger partial charge >= 0.3 is 10.2 Å². The van der Waals surface area contributed by atoms with E-state index in [0.29, 0.717) is 33.5 Å². The number of nitrogens with zero attached hydrogens (tertiary/aromatic N) is 2. The first kappa shape index (κ1) is 25.7. The van der Waals surface area contributed by atoms with Crippen molar-refractivity contribution in [3.05, 3.63) is 95.7 Å². The zero-order valence-corrected chi connectivity index (χ0v) is 21.3. The summed E-state index contributed by atoms with van der Waals surface area (Å²) in [5.41, 5.74) is 1.10. The van der Waals surface area contributed by atoms with Crippen LogP contribution in [0.2, 0.25) is 0 Å². The molecule has 0 aliphatic carbocycles. The number of hydrogen-bond donors (Lipinski definition) is 2. The summed E-state index contributed by atoms with van der Waals surface area (Å²) < 4.78 is 38.5. The van der Waals surface area contributed by atoms with E-state index < -0.39 is 22.0 Å². The number of benzene rings is 2. The third-order valence-corrected chi connectivity index (χ3v) is 7.29. The third-order valence-electron chi connectivity index (χ3n) is 5.57. The van der Waals surface area contributed by atoms with Gasteiger partial charge in [0.05, 0.1) is 25.4 Å². The molecular weight excluding hydrogens is 496 g/mol. The number of nitrogens with one attached hydrogen (secondary N) is 2. The molecule has 192 valence electrons. The first-order valence-corrected chi connectivity index (χ1v) is 12.6. The summed E-state index contributed by atoms with van der Waals surface area (Å²) in [6, 6.07) is 16.7. The lowest BCUT2D eigenvalue weighted by Crippen LogP contribution is -2.34. The Morgan fingerprint density at radius 1 is 1.05 bits per heavy atom. The zero-order valence-electron chi connectivity index (χ0n) is 20.5. The van der Waals surface area contributed by atoms with E-state index in [4.69, 9.17) is 9.15 Å². The molecule has 0 spiro atoms. The van der Waals surface area contributed by atoms with Crippen molar-refractivity contribution in [2.24, 2.45) is 0 Å². The molecule has 37 heavy (non-hydrogen) atoms. The van der Waals surface area contributed by atoms with Crippen LogP contribution in [-0.2, 0) is 21.5 Å². The number of ether oxygens (including phenoxy) is 1. The van der Waals surface area contributed by atoms with Crippen molar-refractivity contribution in [3.63, 3.8) is 0 Å². The number of carbonyl (C=O) groups excluding carboxylic acids is 2. The van der Waals surface area contributed by atoms with E-state index in [0.717, 1.165) is 8.28 Å². The molecule has 0 saturated carbocycles. The van der Waals surface area contributed by atoms with E-state index >= 15 is 0 Å². The number of amides is 2. The van der Waals surface area contributed by atoms with E-state index in [2.05, 4.69) is 10.6 Å². The highest BCUT2D eigenvalue weighted by atomic mass is 32.2. The fourth-order valence-corrected chi connectivity index (χ4v) is 4.59. The van der Waals surface area contributed by atoms with Gasteiger partial charge in [-0.1, -0.05) is 18.2 Å². The number of furan rings is 1. The Labute approximate surface area is 214 Å². The second kappa shape index (κ2) is 10.7. The summed E-state index contributed by atoms with van der Waals surface area (Å²) in [5, 5.41) is 5.96. The first-order chi connectivity index (χ1) is 17.7. The highest BCUT2D eigenvalue weighted by Gasteiger charge is 2.22. The lowest BCUT2D eigenvalue weighted by atomic mass is 10.1. The highest BCUT2D eigenvalue weighted by Crippen LogP contribution is 2.25. The van der Waals surface area contributed by atoms with Crippen LogP contribution in [0.1, 0.15) is 21.7 Å². The second-order valence-electron chi connectivity index (χ2n) is 8.19. The van der Waals surface area contributed by atoms with Gasteiger partial charge in [0.25, 0.3) is 11.8 Å². The van der Waals surface area contributed by atoms with Crippen LogP contribution in [0.25, 0.3) is 17.0 Å². The van der Waals surface area contributed by atoms with Gasteiger partial charge in [-0.15, -0.1) is 0 Å². The van der Waals surface area contributed by atoms with Crippen molar-refractivity contribution in [2.45, 2.75) is 6.54 Å². The minimum absolute atomic E-state index is 0.0717. The summed E-state index contributed by atoms with van der Waals surface area (Å²) in [4.78, 5) is 26.2. The van der Waals surface area contributed by atoms with Crippen LogP contribution >= 0.6 is 0 Å². The van der Waals surface area contributed by atoms with Gasteiger partial charge in [0.15, 0.2) is 0 Å². The molecule has 2 aromatic carbocycles. The lowest BCUT2D eigenvalue weighted by Gasteiger charge is -2.13. The van der Waals surface area contributed by atoms with Crippen molar-refractivity contribution >= 4 is 39.0 Å². The normalized spacial score (nSPS) is 12.1. The fourth-order valence-electron chi connectivity index (χ4n) is 3.58. The standard InChI is InChI=1S/C26H26N4O6S/c1-29(2)37(33,34)30-17-19(22-8-4-5-9-24(22)30)15-23(26(32)27-16-21-7-6-14-36-21)28-25(31)18-10-12-20(35-3)13-11-18/h4-15,17H,16H2,1-3H3,(H,27,32)(H,28,31)/b23-15-. The Morgan fingerprint density at radius 2 is 1.78 bits per heavy atom. The summed E-state index contributed by atoms with van der Waals surface area (Å²) in [7, 11) is 0.543. The Hall–Kier alpha value is -4.35. The number of aromatic nitrogens is 1. The van der Waals surface area contributed by atoms with Crippen molar-refractivity contribution in [1.29, 1.82) is 0 Å². The summed E-state index contributed by atoms with van der Waals surface area (Å²) in [6.45, 7) is 0.0956. The average Bonchev–Trinajstić information content (AvgIpc) is 3.55. The molecule has 2 aromatic heterocycles. The number of methoxy groups -OCH3 is 1. The van der Waals surface area contributed by atoms with Crippen molar-refractivity contribution in [3.8, 4) is 5.75 Å². The molecular formula is C26H26N4O6S. The number of fused-ring (bicyclic) bond motifs is 1. The molecule has 0 unspecified atom stereocenters. The SMILES string of the molecule is COc1ccc(C(=O)N/C(=C\c2cn(S(=O)(=O)N(C)C)c3ccccc23)C(=O)NCc2ccco2)cc1. The number of carbonyl (C=O) groups is 2. The molecule has 0 atom stereocenters. The topological polar surface area (TPSA) is 123 Å². The Bertz CT molecular complexity index is 1550. The molecule has 0 fully saturated rings. The quantitative estimate of drug-likeness (QED) is 0.326. The number of hydrogen-bond acceptors (Lipinski definition) is 6. The van der Waals surface area contributed by atoms with E-state index in [1.165, 1.54) is 39.7 Å². The average molecular weight is 523 g/mol. The minimum atomic E-state index is -3.84. The van der Waals surface area contributed by atoms with Crippen molar-refractivity contribution in [2.75, 3.05) is 21.2 Å². The van der Waals surface area contributed by atoms with Gasteiger partial charge in [0.2, 0.25) is 0 Å². The van der Waals surface area contributed by atoms with Crippen LogP contribution in [0.3, 0.4) is 0 Å². The van der Waals surface area contributed by atoms with Crippen LogP contribution in [0.4, 0.5) is 0 Å². The molecule has 4 aromatic rings. The summed E-state index contributed by atoms with van der Waals surface area (Å²) in [5.74, 6) is 0.0125. The molecule has 0 aliphatic rings. The van der Waals surface area contributed by atoms with E-state index in [9.17, 15) is 18.0 Å². The van der Waals surface area contributed by atoms with Crippen LogP contribution < -0.4 is 15.4 Å². The van der Waals surface area contributed by atoms with Crippen LogP contribution in [0.5, 0.6) is 5.75 Å². The molecule has 4 rings (SSSR count). The van der Waals surface area contributed by atoms with E-state index in [1.54, 1.807) is 60.7 Å². The molecule has 0 bridgehead atoms. The van der Waals surface area contributed by atoms with Gasteiger partial charge in [0.1, 0.15) is 17.2 Å². The lowest BCUT2D eigenvalue weighted by molar-refractivity contribution is -0.118. The van der Waals surface area contributed by atoms with Crippen molar-refractivity contribution < 1.29 is 27.2 Å². The Balaban J connectivity index is 1.74. The molecule has 0 aliphatic heterocycles. The molecule has 0 saturated heterocycles. The maximum absolute atomic E-state index is 13.2. The van der Waals surface area contributed by atoms with Crippen LogP contribution in [0, 0.1) is 0 Å².